The quantitative estimate of drug-likeness (QED) is 0.768. The number of nitrogens with one attached hydrogen (secondary N) is 1. The summed E-state index contributed by atoms with van der Waals surface area (Å²) >= 11 is 0. The number of hydrogen-bond acceptors (Lipinski definition) is 3. The topological polar surface area (TPSA) is 24.5 Å². The molecule has 0 bridgehead atoms. The van der Waals surface area contributed by atoms with Crippen LogP contribution in [0.3, 0.4) is 0 Å². The number of ether oxygens (including phenoxy) is 1. The molecule has 0 aromatic carbocycles. The van der Waals surface area contributed by atoms with Gasteiger partial charge in [-0.2, -0.15) is 13.2 Å². The Morgan fingerprint density at radius 2 is 2.00 bits per heavy atom. The summed E-state index contributed by atoms with van der Waals surface area (Å²) in [5.41, 5.74) is 0. The molecular formula is C12H21F3N2O. The maximum absolute atomic E-state index is 11.9. The van der Waals surface area contributed by atoms with Crippen molar-refractivity contribution in [3.63, 3.8) is 0 Å². The van der Waals surface area contributed by atoms with Gasteiger partial charge in [-0.15, -0.1) is 0 Å². The Hall–Kier alpha value is -0.330. The molecule has 0 radical (unpaired) electrons. The molecule has 6 heteroatoms. The standard InChI is InChI=1S/C12H21F3N2O/c13-12(14,15)9-18-8-5-16-10-4-7-17-6-2-1-3-11(10)17/h10-11,16H,1-9H2. The van der Waals surface area contributed by atoms with Gasteiger partial charge in [0, 0.05) is 25.2 Å². The SMILES string of the molecule is FC(F)(F)COCCNC1CCN2CCCCC12. The first-order valence-electron chi connectivity index (χ1n) is 6.68. The number of fused-ring (bicyclic) bond motifs is 1. The Bertz CT molecular complexity index is 260. The van der Waals surface area contributed by atoms with Crippen LogP contribution in [0.25, 0.3) is 0 Å². The van der Waals surface area contributed by atoms with E-state index in [1.54, 1.807) is 0 Å². The minimum absolute atomic E-state index is 0.128. The maximum Gasteiger partial charge on any atom is 0.411 e. The minimum Gasteiger partial charge on any atom is -0.371 e. The number of alkyl halides is 3. The molecule has 0 aromatic rings. The molecule has 0 spiro atoms. The van der Waals surface area contributed by atoms with Crippen LogP contribution in [-0.4, -0.2) is 56.0 Å². The van der Waals surface area contributed by atoms with E-state index >= 15 is 0 Å². The zero-order valence-electron chi connectivity index (χ0n) is 10.5. The molecule has 2 unspecified atom stereocenters. The summed E-state index contributed by atoms with van der Waals surface area (Å²) in [7, 11) is 0. The van der Waals surface area contributed by atoms with Gasteiger partial charge in [0.2, 0.25) is 0 Å². The van der Waals surface area contributed by atoms with Crippen LogP contribution in [0.4, 0.5) is 13.2 Å². The maximum atomic E-state index is 11.9. The molecule has 2 aliphatic rings. The summed E-state index contributed by atoms with van der Waals surface area (Å²) in [5.74, 6) is 0. The molecule has 0 aromatic heterocycles. The second-order valence-electron chi connectivity index (χ2n) is 5.12. The van der Waals surface area contributed by atoms with E-state index in [1.165, 1.54) is 25.8 Å². The lowest BCUT2D eigenvalue weighted by molar-refractivity contribution is -0.173. The fourth-order valence-corrected chi connectivity index (χ4v) is 2.99. The van der Waals surface area contributed by atoms with Crippen molar-refractivity contribution in [1.82, 2.24) is 10.2 Å². The molecule has 1 N–H and O–H groups in total. The lowest BCUT2D eigenvalue weighted by atomic mass is 9.99. The largest absolute Gasteiger partial charge is 0.411 e. The van der Waals surface area contributed by atoms with Crippen molar-refractivity contribution in [3.05, 3.63) is 0 Å². The first kappa shape index (κ1) is 14.1. The summed E-state index contributed by atoms with van der Waals surface area (Å²) in [5, 5.41) is 3.33. The Morgan fingerprint density at radius 1 is 1.17 bits per heavy atom. The normalized spacial score (nSPS) is 29.5. The smallest absolute Gasteiger partial charge is 0.371 e. The fraction of sp³-hybridized carbons (Fsp3) is 1.00. The highest BCUT2D eigenvalue weighted by molar-refractivity contribution is 4.93. The molecule has 0 saturated carbocycles. The number of rotatable bonds is 5. The van der Waals surface area contributed by atoms with Gasteiger partial charge in [-0.05, 0) is 25.8 Å². The molecule has 0 amide bonds. The molecular weight excluding hydrogens is 245 g/mol. The van der Waals surface area contributed by atoms with E-state index in [-0.39, 0.29) is 6.61 Å². The Labute approximate surface area is 106 Å². The van der Waals surface area contributed by atoms with Crippen LogP contribution in [0.5, 0.6) is 0 Å². The number of halogens is 3. The predicted octanol–water partition coefficient (Wildman–Crippen LogP) is 1.78. The summed E-state index contributed by atoms with van der Waals surface area (Å²) < 4.78 is 40.2. The van der Waals surface area contributed by atoms with E-state index in [1.807, 2.05) is 0 Å². The lowest BCUT2D eigenvalue weighted by Gasteiger charge is -2.32. The van der Waals surface area contributed by atoms with Crippen LogP contribution >= 0.6 is 0 Å². The number of piperidine rings is 1. The number of hydrogen-bond donors (Lipinski definition) is 1. The lowest BCUT2D eigenvalue weighted by Crippen LogP contribution is -2.45. The average molecular weight is 266 g/mol. The Morgan fingerprint density at radius 3 is 2.78 bits per heavy atom. The third-order valence-corrected chi connectivity index (χ3v) is 3.77. The monoisotopic (exact) mass is 266 g/mol. The number of nitrogens with zero attached hydrogens (tertiary/aromatic N) is 1. The highest BCUT2D eigenvalue weighted by Gasteiger charge is 2.34. The van der Waals surface area contributed by atoms with Gasteiger partial charge in [0.05, 0.1) is 6.61 Å². The second kappa shape index (κ2) is 6.21. The average Bonchev–Trinajstić information content (AvgIpc) is 2.71. The fourth-order valence-electron chi connectivity index (χ4n) is 2.99. The van der Waals surface area contributed by atoms with Gasteiger partial charge in [-0.1, -0.05) is 6.42 Å². The molecule has 2 heterocycles. The Kier molecular flexibility index (Phi) is 4.86. The minimum atomic E-state index is -4.21. The molecule has 106 valence electrons. The van der Waals surface area contributed by atoms with Gasteiger partial charge in [0.1, 0.15) is 6.61 Å². The molecule has 2 saturated heterocycles. The predicted molar refractivity (Wildman–Crippen MR) is 62.5 cm³/mol. The highest BCUT2D eigenvalue weighted by Crippen LogP contribution is 2.26. The first-order valence-corrected chi connectivity index (χ1v) is 6.68. The molecule has 2 rings (SSSR count). The van der Waals surface area contributed by atoms with Crippen LogP contribution < -0.4 is 5.32 Å². The van der Waals surface area contributed by atoms with E-state index in [0.717, 1.165) is 13.0 Å². The molecule has 3 nitrogen and oxygen atoms in total. The third kappa shape index (κ3) is 4.10. The van der Waals surface area contributed by atoms with Gasteiger partial charge >= 0.3 is 6.18 Å². The van der Waals surface area contributed by atoms with Gasteiger partial charge in [-0.3, -0.25) is 4.90 Å². The van der Waals surface area contributed by atoms with E-state index in [2.05, 4.69) is 15.0 Å². The zero-order valence-corrected chi connectivity index (χ0v) is 10.5. The van der Waals surface area contributed by atoms with E-state index in [9.17, 15) is 13.2 Å². The highest BCUT2D eigenvalue weighted by atomic mass is 19.4. The van der Waals surface area contributed by atoms with Crippen molar-refractivity contribution in [1.29, 1.82) is 0 Å². The van der Waals surface area contributed by atoms with Crippen LogP contribution in [0, 0.1) is 0 Å². The van der Waals surface area contributed by atoms with E-state index in [4.69, 9.17) is 0 Å². The molecule has 2 aliphatic heterocycles. The van der Waals surface area contributed by atoms with Crippen LogP contribution in [-0.2, 0) is 4.74 Å². The van der Waals surface area contributed by atoms with Crippen LogP contribution in [0.2, 0.25) is 0 Å². The van der Waals surface area contributed by atoms with Gasteiger partial charge < -0.3 is 10.1 Å². The summed E-state index contributed by atoms with van der Waals surface area (Å²) in [6.07, 6.45) is 0.639. The van der Waals surface area contributed by atoms with Crippen molar-refractivity contribution in [2.75, 3.05) is 32.8 Å². The second-order valence-corrected chi connectivity index (χ2v) is 5.12. The molecule has 18 heavy (non-hydrogen) atoms. The zero-order chi connectivity index (χ0) is 13.0. The third-order valence-electron chi connectivity index (χ3n) is 3.77. The van der Waals surface area contributed by atoms with Crippen LogP contribution in [0.15, 0.2) is 0 Å². The molecule has 2 fully saturated rings. The van der Waals surface area contributed by atoms with E-state index in [0.29, 0.717) is 18.6 Å². The van der Waals surface area contributed by atoms with Crippen molar-refractivity contribution in [3.8, 4) is 0 Å². The van der Waals surface area contributed by atoms with Gasteiger partial charge in [0.15, 0.2) is 0 Å². The van der Waals surface area contributed by atoms with Crippen molar-refractivity contribution in [2.45, 2.75) is 43.9 Å². The molecule has 2 atom stereocenters. The van der Waals surface area contributed by atoms with E-state index < -0.39 is 12.8 Å². The van der Waals surface area contributed by atoms with Gasteiger partial charge in [-0.25, -0.2) is 0 Å². The first-order chi connectivity index (χ1) is 8.56. The van der Waals surface area contributed by atoms with Crippen LogP contribution in [0.1, 0.15) is 25.7 Å². The summed E-state index contributed by atoms with van der Waals surface area (Å²) in [4.78, 5) is 2.50. The molecule has 0 aliphatic carbocycles. The van der Waals surface area contributed by atoms with Crippen molar-refractivity contribution >= 4 is 0 Å². The van der Waals surface area contributed by atoms with Crippen molar-refractivity contribution in [2.24, 2.45) is 0 Å². The summed E-state index contributed by atoms with van der Waals surface area (Å²) in [6, 6.07) is 1.01. The van der Waals surface area contributed by atoms with Crippen molar-refractivity contribution < 1.29 is 17.9 Å². The Balaban J connectivity index is 1.59. The van der Waals surface area contributed by atoms with Gasteiger partial charge in [0.25, 0.3) is 0 Å². The summed E-state index contributed by atoms with van der Waals surface area (Å²) in [6.45, 7) is 1.78.